The molecule has 0 saturated carbocycles. The quantitative estimate of drug-likeness (QED) is 0.0553. The van der Waals surface area contributed by atoms with Crippen LogP contribution in [0.4, 0.5) is 0 Å². The standard InChI is InChI=1S/C46H93NO3/c1-3-5-7-9-11-13-15-17-18-19-20-21-22-23-24-25-26-27-28-29-30-31-33-35-37-39-41-45(49)44(43-48)47-46(50)42-40-38-36-34-32-16-14-12-10-8-6-4-2/h44-45,48-49H,3-43H2,1-2H3,(H,47,50). The van der Waals surface area contributed by atoms with Gasteiger partial charge in [-0.25, -0.2) is 0 Å². The summed E-state index contributed by atoms with van der Waals surface area (Å²) in [4.78, 5) is 12.4. The van der Waals surface area contributed by atoms with E-state index in [4.69, 9.17) is 0 Å². The van der Waals surface area contributed by atoms with Crippen molar-refractivity contribution in [3.8, 4) is 0 Å². The predicted molar refractivity (Wildman–Crippen MR) is 221 cm³/mol. The van der Waals surface area contributed by atoms with E-state index in [-0.39, 0.29) is 12.5 Å². The molecule has 4 heteroatoms. The maximum atomic E-state index is 12.4. The van der Waals surface area contributed by atoms with Gasteiger partial charge in [-0.1, -0.05) is 251 Å². The van der Waals surface area contributed by atoms with Gasteiger partial charge in [0.05, 0.1) is 18.8 Å². The molecule has 0 spiro atoms. The number of carbonyl (C=O) groups is 1. The molecule has 0 aliphatic heterocycles. The molecular formula is C46H93NO3. The van der Waals surface area contributed by atoms with E-state index < -0.39 is 12.1 Å². The predicted octanol–water partition coefficient (Wildman–Crippen LogP) is 14.5. The topological polar surface area (TPSA) is 69.6 Å². The average molecular weight is 708 g/mol. The lowest BCUT2D eigenvalue weighted by molar-refractivity contribution is -0.123. The molecule has 2 atom stereocenters. The Hall–Kier alpha value is -0.610. The Bertz CT molecular complexity index is 641. The van der Waals surface area contributed by atoms with Gasteiger partial charge in [-0.05, 0) is 12.8 Å². The molecule has 0 bridgehead atoms. The summed E-state index contributed by atoms with van der Waals surface area (Å²) in [5, 5.41) is 23.2. The van der Waals surface area contributed by atoms with Gasteiger partial charge in [0.2, 0.25) is 5.91 Å². The summed E-state index contributed by atoms with van der Waals surface area (Å²) < 4.78 is 0. The molecule has 0 rings (SSSR count). The van der Waals surface area contributed by atoms with Gasteiger partial charge >= 0.3 is 0 Å². The van der Waals surface area contributed by atoms with Crippen molar-refractivity contribution in [3.63, 3.8) is 0 Å². The van der Waals surface area contributed by atoms with Gasteiger partial charge in [0, 0.05) is 6.42 Å². The molecule has 0 radical (unpaired) electrons. The fourth-order valence-corrected chi connectivity index (χ4v) is 7.54. The van der Waals surface area contributed by atoms with Gasteiger partial charge in [0.15, 0.2) is 0 Å². The minimum atomic E-state index is -0.653. The molecule has 3 N–H and O–H groups in total. The number of unbranched alkanes of at least 4 members (excludes halogenated alkanes) is 36. The van der Waals surface area contributed by atoms with Crippen molar-refractivity contribution in [2.24, 2.45) is 0 Å². The summed E-state index contributed by atoms with van der Waals surface area (Å²) in [5.74, 6) is -0.0276. The van der Waals surface area contributed by atoms with E-state index in [9.17, 15) is 15.0 Å². The van der Waals surface area contributed by atoms with Crippen molar-refractivity contribution in [1.29, 1.82) is 0 Å². The van der Waals surface area contributed by atoms with Gasteiger partial charge in [-0.3, -0.25) is 4.79 Å². The van der Waals surface area contributed by atoms with E-state index in [1.807, 2.05) is 0 Å². The third-order valence-electron chi connectivity index (χ3n) is 11.1. The van der Waals surface area contributed by atoms with Crippen LogP contribution in [0.5, 0.6) is 0 Å². The van der Waals surface area contributed by atoms with E-state index >= 15 is 0 Å². The molecule has 0 aromatic carbocycles. The van der Waals surface area contributed by atoms with E-state index in [0.717, 1.165) is 25.7 Å². The number of amides is 1. The maximum absolute atomic E-state index is 12.4. The number of rotatable bonds is 43. The zero-order valence-electron chi connectivity index (χ0n) is 34.4. The van der Waals surface area contributed by atoms with E-state index in [2.05, 4.69) is 19.2 Å². The zero-order valence-corrected chi connectivity index (χ0v) is 34.4. The molecule has 0 aromatic heterocycles. The van der Waals surface area contributed by atoms with Crippen molar-refractivity contribution in [3.05, 3.63) is 0 Å². The van der Waals surface area contributed by atoms with Crippen LogP contribution < -0.4 is 5.32 Å². The molecule has 50 heavy (non-hydrogen) atoms. The van der Waals surface area contributed by atoms with Crippen LogP contribution in [0.3, 0.4) is 0 Å². The third kappa shape index (κ3) is 38.6. The molecular weight excluding hydrogens is 615 g/mol. The normalized spacial score (nSPS) is 12.8. The Morgan fingerprint density at radius 3 is 0.900 bits per heavy atom. The lowest BCUT2D eigenvalue weighted by Gasteiger charge is -2.22. The van der Waals surface area contributed by atoms with Crippen molar-refractivity contribution in [2.45, 2.75) is 283 Å². The smallest absolute Gasteiger partial charge is 0.220 e. The molecule has 0 aromatic rings. The highest BCUT2D eigenvalue weighted by molar-refractivity contribution is 5.76. The van der Waals surface area contributed by atoms with Crippen molar-refractivity contribution in [2.75, 3.05) is 6.61 Å². The highest BCUT2D eigenvalue weighted by Crippen LogP contribution is 2.17. The molecule has 0 saturated heterocycles. The van der Waals surface area contributed by atoms with Crippen LogP contribution in [0.1, 0.15) is 271 Å². The molecule has 0 aliphatic rings. The van der Waals surface area contributed by atoms with Crippen LogP contribution in [0.25, 0.3) is 0 Å². The Labute approximate surface area is 314 Å². The average Bonchev–Trinajstić information content (AvgIpc) is 3.12. The van der Waals surface area contributed by atoms with Crippen LogP contribution in [-0.4, -0.2) is 34.9 Å². The van der Waals surface area contributed by atoms with E-state index in [1.165, 1.54) is 218 Å². The molecule has 0 fully saturated rings. The van der Waals surface area contributed by atoms with Crippen molar-refractivity contribution >= 4 is 5.91 Å². The van der Waals surface area contributed by atoms with Gasteiger partial charge < -0.3 is 15.5 Å². The largest absolute Gasteiger partial charge is 0.394 e. The van der Waals surface area contributed by atoms with E-state index in [0.29, 0.717) is 12.8 Å². The maximum Gasteiger partial charge on any atom is 0.220 e. The zero-order chi connectivity index (χ0) is 36.4. The first-order valence-corrected chi connectivity index (χ1v) is 23.2. The lowest BCUT2D eigenvalue weighted by Crippen LogP contribution is -2.45. The summed E-state index contributed by atoms with van der Waals surface area (Å²) in [6.45, 7) is 4.38. The van der Waals surface area contributed by atoms with Gasteiger partial charge in [-0.15, -0.1) is 0 Å². The van der Waals surface area contributed by atoms with Gasteiger partial charge in [0.25, 0.3) is 0 Å². The van der Waals surface area contributed by atoms with Crippen molar-refractivity contribution in [1.82, 2.24) is 5.32 Å². The Morgan fingerprint density at radius 2 is 0.640 bits per heavy atom. The first-order valence-electron chi connectivity index (χ1n) is 23.2. The van der Waals surface area contributed by atoms with Crippen LogP contribution in [0.2, 0.25) is 0 Å². The van der Waals surface area contributed by atoms with Crippen LogP contribution in [-0.2, 0) is 4.79 Å². The molecule has 1 amide bonds. The van der Waals surface area contributed by atoms with Crippen molar-refractivity contribution < 1.29 is 15.0 Å². The van der Waals surface area contributed by atoms with Crippen LogP contribution in [0, 0.1) is 0 Å². The number of carbonyl (C=O) groups excluding carboxylic acids is 1. The first kappa shape index (κ1) is 49.4. The van der Waals surface area contributed by atoms with Crippen LogP contribution >= 0.6 is 0 Å². The Balaban J connectivity index is 3.40. The number of aliphatic hydroxyl groups is 2. The number of aliphatic hydroxyl groups excluding tert-OH is 2. The Morgan fingerprint density at radius 1 is 0.400 bits per heavy atom. The lowest BCUT2D eigenvalue weighted by atomic mass is 10.0. The number of hydrogen-bond donors (Lipinski definition) is 3. The molecule has 0 heterocycles. The SMILES string of the molecule is CCCCCCCCCCCCCCCCCCCCCCCCCCCCC(O)C(CO)NC(=O)CCCCCCCCCCCCCC. The summed E-state index contributed by atoms with van der Waals surface area (Å²) in [5.41, 5.74) is 0. The second-order valence-corrected chi connectivity index (χ2v) is 16.2. The van der Waals surface area contributed by atoms with Crippen LogP contribution in [0.15, 0.2) is 0 Å². The Kier molecular flexibility index (Phi) is 42.3. The van der Waals surface area contributed by atoms with Gasteiger partial charge in [0.1, 0.15) is 0 Å². The second-order valence-electron chi connectivity index (χ2n) is 16.2. The summed E-state index contributed by atoms with van der Waals surface area (Å²) in [6.07, 6.45) is 52.0. The molecule has 2 unspecified atom stereocenters. The minimum Gasteiger partial charge on any atom is -0.394 e. The summed E-state index contributed by atoms with van der Waals surface area (Å²) >= 11 is 0. The van der Waals surface area contributed by atoms with Gasteiger partial charge in [-0.2, -0.15) is 0 Å². The summed E-state index contributed by atoms with van der Waals surface area (Å²) in [6, 6.07) is -0.529. The molecule has 0 aliphatic carbocycles. The highest BCUT2D eigenvalue weighted by atomic mass is 16.3. The number of nitrogens with one attached hydrogen (secondary N) is 1. The second kappa shape index (κ2) is 42.8. The molecule has 300 valence electrons. The monoisotopic (exact) mass is 708 g/mol. The fourth-order valence-electron chi connectivity index (χ4n) is 7.54. The highest BCUT2D eigenvalue weighted by Gasteiger charge is 2.20. The fraction of sp³-hybridized carbons (Fsp3) is 0.978. The number of hydrogen-bond acceptors (Lipinski definition) is 3. The van der Waals surface area contributed by atoms with E-state index in [1.54, 1.807) is 0 Å². The minimum absolute atomic E-state index is 0.0276. The third-order valence-corrected chi connectivity index (χ3v) is 11.1. The molecule has 4 nitrogen and oxygen atoms in total. The summed E-state index contributed by atoms with van der Waals surface area (Å²) in [7, 11) is 0. The first-order chi connectivity index (χ1) is 24.7.